The van der Waals surface area contributed by atoms with Crippen molar-refractivity contribution in [2.24, 2.45) is 5.92 Å². The Morgan fingerprint density at radius 2 is 1.97 bits per heavy atom. The summed E-state index contributed by atoms with van der Waals surface area (Å²) in [6.07, 6.45) is 3.97. The van der Waals surface area contributed by atoms with Crippen LogP contribution in [0.15, 0.2) is 65.3 Å². The molecule has 0 saturated carbocycles. The summed E-state index contributed by atoms with van der Waals surface area (Å²) >= 11 is 0. The molecule has 2 aromatic carbocycles. The van der Waals surface area contributed by atoms with Crippen molar-refractivity contribution in [1.82, 2.24) is 10.2 Å². The van der Waals surface area contributed by atoms with E-state index >= 15 is 0 Å². The van der Waals surface area contributed by atoms with Gasteiger partial charge in [-0.2, -0.15) is 0 Å². The Morgan fingerprint density at radius 1 is 1.06 bits per heavy atom. The number of carbonyl (C=O) groups excluding carboxylic acids is 1. The zero-order chi connectivity index (χ0) is 21.0. The zero-order valence-corrected chi connectivity index (χ0v) is 17.4. The maximum absolute atomic E-state index is 12.6. The van der Waals surface area contributed by atoms with Crippen molar-refractivity contribution in [3.8, 4) is 22.8 Å². The maximum atomic E-state index is 12.6. The number of carbonyl (C=O) groups is 1. The molecule has 31 heavy (non-hydrogen) atoms. The summed E-state index contributed by atoms with van der Waals surface area (Å²) in [7, 11) is 0. The van der Waals surface area contributed by atoms with Crippen LogP contribution in [0.5, 0.6) is 11.5 Å². The number of fused-ring (bicyclic) bond motifs is 1. The monoisotopic (exact) mass is 418 g/mol. The molecule has 6 heteroatoms. The number of furan rings is 1. The third kappa shape index (κ3) is 4.44. The molecule has 1 saturated heterocycles. The average Bonchev–Trinajstić information content (AvgIpc) is 3.50. The highest BCUT2D eigenvalue weighted by Crippen LogP contribution is 2.32. The van der Waals surface area contributed by atoms with Gasteiger partial charge in [0, 0.05) is 30.8 Å². The van der Waals surface area contributed by atoms with Crippen LogP contribution < -0.4 is 14.8 Å². The lowest BCUT2D eigenvalue weighted by atomic mass is 9.96. The first-order valence-electron chi connectivity index (χ1n) is 10.8. The molecule has 3 heterocycles. The molecule has 1 atom stereocenters. The first-order valence-corrected chi connectivity index (χ1v) is 10.8. The number of hydrogen-bond donors (Lipinski definition) is 1. The Labute approximate surface area is 181 Å². The van der Waals surface area contributed by atoms with E-state index in [4.69, 9.17) is 13.9 Å². The second-order valence-corrected chi connectivity index (χ2v) is 8.16. The lowest BCUT2D eigenvalue weighted by Gasteiger charge is -2.33. The molecule has 160 valence electrons. The number of rotatable bonds is 6. The van der Waals surface area contributed by atoms with Crippen LogP contribution in [0.3, 0.4) is 0 Å². The number of nitrogens with one attached hydrogen (secondary N) is 1. The smallest absolute Gasteiger partial charge is 0.251 e. The molecule has 0 spiro atoms. The minimum atomic E-state index is -0.0708. The van der Waals surface area contributed by atoms with Gasteiger partial charge in [0.15, 0.2) is 11.5 Å². The summed E-state index contributed by atoms with van der Waals surface area (Å²) in [6.45, 7) is 3.79. The predicted molar refractivity (Wildman–Crippen MR) is 117 cm³/mol. The predicted octanol–water partition coefficient (Wildman–Crippen LogP) is 4.32. The molecule has 1 amide bonds. The number of likely N-dealkylation sites (tertiary alicyclic amines) is 1. The van der Waals surface area contributed by atoms with Crippen molar-refractivity contribution in [3.05, 3.63) is 72.0 Å². The highest BCUT2D eigenvalue weighted by molar-refractivity contribution is 5.94. The van der Waals surface area contributed by atoms with Crippen molar-refractivity contribution in [2.75, 3.05) is 26.4 Å². The molecule has 6 nitrogen and oxygen atoms in total. The first-order chi connectivity index (χ1) is 15.3. The van der Waals surface area contributed by atoms with Gasteiger partial charge in [-0.05, 0) is 61.2 Å². The van der Waals surface area contributed by atoms with Gasteiger partial charge in [-0.3, -0.25) is 9.69 Å². The highest BCUT2D eigenvalue weighted by Gasteiger charge is 2.22. The van der Waals surface area contributed by atoms with Gasteiger partial charge in [0.05, 0.1) is 6.26 Å². The first kappa shape index (κ1) is 19.7. The standard InChI is InChI=1S/C25H26N2O4/c28-25(19-9-10-23-24(13-19)31-17-30-23)26-14-18-5-3-11-27(15-18)16-20-6-1-2-7-21(20)22-8-4-12-29-22/h1-2,4,6-10,12-13,18H,3,5,11,14-17H2,(H,26,28). The SMILES string of the molecule is O=C(NCC1CCCN(Cc2ccccc2-c2ccco2)C1)c1ccc2c(c1)OCO2. The molecule has 0 aliphatic carbocycles. The third-order valence-corrected chi connectivity index (χ3v) is 5.99. The van der Waals surface area contributed by atoms with Crippen LogP contribution in [0.25, 0.3) is 11.3 Å². The van der Waals surface area contributed by atoms with Crippen LogP contribution in [0.2, 0.25) is 0 Å². The molecule has 3 aromatic rings. The largest absolute Gasteiger partial charge is 0.464 e. The van der Waals surface area contributed by atoms with Gasteiger partial charge >= 0.3 is 0 Å². The lowest BCUT2D eigenvalue weighted by Crippen LogP contribution is -2.40. The summed E-state index contributed by atoms with van der Waals surface area (Å²) in [5, 5.41) is 3.10. The molecule has 1 fully saturated rings. The van der Waals surface area contributed by atoms with E-state index in [0.29, 0.717) is 29.5 Å². The number of amides is 1. The molecule has 2 aliphatic rings. The number of benzene rings is 2. The Balaban J connectivity index is 1.18. The Morgan fingerprint density at radius 3 is 2.87 bits per heavy atom. The van der Waals surface area contributed by atoms with Crippen LogP contribution in [0, 0.1) is 5.92 Å². The topological polar surface area (TPSA) is 63.9 Å². The quantitative estimate of drug-likeness (QED) is 0.646. The molecular weight excluding hydrogens is 392 g/mol. The van der Waals surface area contributed by atoms with Gasteiger partial charge < -0.3 is 19.2 Å². The van der Waals surface area contributed by atoms with E-state index in [1.165, 1.54) is 5.56 Å². The van der Waals surface area contributed by atoms with Crippen LogP contribution in [0.4, 0.5) is 0 Å². The van der Waals surface area contributed by atoms with Gasteiger partial charge in [0.1, 0.15) is 5.76 Å². The van der Waals surface area contributed by atoms with Crippen LogP contribution >= 0.6 is 0 Å². The second-order valence-electron chi connectivity index (χ2n) is 8.16. The number of ether oxygens (including phenoxy) is 2. The van der Waals surface area contributed by atoms with Gasteiger partial charge in [-0.1, -0.05) is 24.3 Å². The van der Waals surface area contributed by atoms with Gasteiger partial charge in [0.2, 0.25) is 6.79 Å². The fraction of sp³-hybridized carbons (Fsp3) is 0.320. The maximum Gasteiger partial charge on any atom is 0.251 e. The van der Waals surface area contributed by atoms with Crippen molar-refractivity contribution < 1.29 is 18.7 Å². The zero-order valence-electron chi connectivity index (χ0n) is 17.4. The summed E-state index contributed by atoms with van der Waals surface area (Å²) in [5.74, 6) is 2.59. The van der Waals surface area contributed by atoms with E-state index in [2.05, 4.69) is 28.4 Å². The second kappa shape index (κ2) is 8.86. The summed E-state index contributed by atoms with van der Waals surface area (Å²) < 4.78 is 16.3. The van der Waals surface area contributed by atoms with E-state index in [1.54, 1.807) is 24.5 Å². The Kier molecular flexibility index (Phi) is 5.63. The normalized spacial score (nSPS) is 18.1. The molecule has 2 aliphatic heterocycles. The van der Waals surface area contributed by atoms with Crippen molar-refractivity contribution in [1.29, 1.82) is 0 Å². The Hall–Kier alpha value is -3.25. The van der Waals surface area contributed by atoms with E-state index in [9.17, 15) is 4.79 Å². The number of hydrogen-bond acceptors (Lipinski definition) is 5. The Bertz CT molecular complexity index is 1050. The van der Waals surface area contributed by atoms with Crippen LogP contribution in [-0.2, 0) is 6.54 Å². The summed E-state index contributed by atoms with van der Waals surface area (Å²) in [4.78, 5) is 15.1. The van der Waals surface area contributed by atoms with E-state index < -0.39 is 0 Å². The fourth-order valence-electron chi connectivity index (χ4n) is 4.41. The molecule has 5 rings (SSSR count). The van der Waals surface area contributed by atoms with Crippen LogP contribution in [0.1, 0.15) is 28.8 Å². The number of nitrogens with zero attached hydrogens (tertiary/aromatic N) is 1. The average molecular weight is 418 g/mol. The summed E-state index contributed by atoms with van der Waals surface area (Å²) in [6, 6.07) is 17.6. The molecule has 0 radical (unpaired) electrons. The van der Waals surface area contributed by atoms with Gasteiger partial charge in [-0.15, -0.1) is 0 Å². The van der Waals surface area contributed by atoms with Crippen molar-refractivity contribution in [3.63, 3.8) is 0 Å². The van der Waals surface area contributed by atoms with Gasteiger partial charge in [-0.25, -0.2) is 0 Å². The fourth-order valence-corrected chi connectivity index (χ4v) is 4.41. The van der Waals surface area contributed by atoms with Crippen molar-refractivity contribution >= 4 is 5.91 Å². The minimum Gasteiger partial charge on any atom is -0.464 e. The lowest BCUT2D eigenvalue weighted by molar-refractivity contribution is 0.0930. The van der Waals surface area contributed by atoms with E-state index in [1.807, 2.05) is 18.2 Å². The van der Waals surface area contributed by atoms with Crippen LogP contribution in [-0.4, -0.2) is 37.2 Å². The molecule has 1 aromatic heterocycles. The summed E-state index contributed by atoms with van der Waals surface area (Å²) in [5.41, 5.74) is 3.01. The number of piperidine rings is 1. The minimum absolute atomic E-state index is 0.0708. The van der Waals surface area contributed by atoms with Gasteiger partial charge in [0.25, 0.3) is 5.91 Å². The van der Waals surface area contributed by atoms with E-state index in [0.717, 1.165) is 43.8 Å². The molecule has 1 N–H and O–H groups in total. The highest BCUT2D eigenvalue weighted by atomic mass is 16.7. The third-order valence-electron chi connectivity index (χ3n) is 5.99. The molecular formula is C25H26N2O4. The van der Waals surface area contributed by atoms with E-state index in [-0.39, 0.29) is 12.7 Å². The molecule has 1 unspecified atom stereocenters. The molecule has 0 bridgehead atoms. The van der Waals surface area contributed by atoms with Crippen molar-refractivity contribution in [2.45, 2.75) is 19.4 Å².